The van der Waals surface area contributed by atoms with Crippen molar-refractivity contribution >= 4 is 11.7 Å². The van der Waals surface area contributed by atoms with Crippen molar-refractivity contribution in [3.05, 3.63) is 17.8 Å². The van der Waals surface area contributed by atoms with E-state index >= 15 is 0 Å². The molecule has 0 radical (unpaired) electrons. The van der Waals surface area contributed by atoms with Crippen LogP contribution in [0.2, 0.25) is 0 Å². The number of anilines is 1. The van der Waals surface area contributed by atoms with Crippen LogP contribution < -0.4 is 11.5 Å². The topological polar surface area (TPSA) is 91.7 Å². The van der Waals surface area contributed by atoms with Crippen LogP contribution in [0.1, 0.15) is 5.56 Å². The van der Waals surface area contributed by atoms with Crippen LogP contribution in [-0.2, 0) is 0 Å². The van der Waals surface area contributed by atoms with E-state index in [9.17, 15) is 0 Å². The molecule has 1 heterocycles. The van der Waals surface area contributed by atoms with E-state index in [0.29, 0.717) is 11.4 Å². The van der Waals surface area contributed by atoms with Gasteiger partial charge in [-0.2, -0.15) is 0 Å². The van der Waals surface area contributed by atoms with Gasteiger partial charge in [0.1, 0.15) is 11.7 Å². The predicted octanol–water partition coefficient (Wildman–Crippen LogP) is -0.119. The minimum Gasteiger partial charge on any atom is -0.385 e. The SMILES string of the molecule is N=C(N)c1cc[nH]c1N. The van der Waals surface area contributed by atoms with Crippen LogP contribution in [0, 0.1) is 5.41 Å². The second-order valence-corrected chi connectivity index (χ2v) is 1.72. The van der Waals surface area contributed by atoms with E-state index < -0.39 is 0 Å². The molecule has 0 saturated heterocycles. The molecule has 0 spiro atoms. The van der Waals surface area contributed by atoms with E-state index in [2.05, 4.69) is 4.98 Å². The number of hydrogen-bond acceptors (Lipinski definition) is 2. The Morgan fingerprint density at radius 3 is 2.56 bits per heavy atom. The van der Waals surface area contributed by atoms with E-state index in [4.69, 9.17) is 16.9 Å². The first-order valence-corrected chi connectivity index (χ1v) is 2.49. The minimum absolute atomic E-state index is 0.00579. The third-order valence-corrected chi connectivity index (χ3v) is 1.07. The summed E-state index contributed by atoms with van der Waals surface area (Å²) in [6.07, 6.45) is 1.64. The third-order valence-electron chi connectivity index (χ3n) is 1.07. The number of amidine groups is 1. The summed E-state index contributed by atoms with van der Waals surface area (Å²) in [7, 11) is 0. The lowest BCUT2D eigenvalue weighted by atomic mass is 10.3. The number of aromatic nitrogens is 1. The van der Waals surface area contributed by atoms with Crippen LogP contribution in [0.4, 0.5) is 5.82 Å². The Hall–Kier alpha value is -1.45. The Labute approximate surface area is 52.4 Å². The van der Waals surface area contributed by atoms with Crippen molar-refractivity contribution in [2.45, 2.75) is 0 Å². The Kier molecular flexibility index (Phi) is 1.14. The maximum Gasteiger partial charge on any atom is 0.126 e. The molecular formula is C5H8N4. The first kappa shape index (κ1) is 5.68. The van der Waals surface area contributed by atoms with Crippen LogP contribution in [-0.4, -0.2) is 10.8 Å². The van der Waals surface area contributed by atoms with Gasteiger partial charge in [-0.1, -0.05) is 0 Å². The van der Waals surface area contributed by atoms with Crippen molar-refractivity contribution < 1.29 is 0 Å². The van der Waals surface area contributed by atoms with E-state index in [1.54, 1.807) is 12.3 Å². The standard InChI is InChI=1S/C5H8N4/c6-4(7)3-1-2-9-5(3)8/h1-2,9H,8H2,(H3,6,7). The third kappa shape index (κ3) is 0.861. The smallest absolute Gasteiger partial charge is 0.126 e. The Morgan fingerprint density at radius 1 is 1.67 bits per heavy atom. The van der Waals surface area contributed by atoms with Crippen molar-refractivity contribution in [3.8, 4) is 0 Å². The second kappa shape index (κ2) is 1.81. The molecule has 0 aliphatic carbocycles. The molecule has 0 aliphatic rings. The number of aromatic amines is 1. The maximum absolute atomic E-state index is 6.97. The molecule has 0 amide bonds. The largest absolute Gasteiger partial charge is 0.385 e. The van der Waals surface area contributed by atoms with E-state index in [0.717, 1.165) is 0 Å². The maximum atomic E-state index is 6.97. The van der Waals surface area contributed by atoms with Gasteiger partial charge in [-0.15, -0.1) is 0 Å². The van der Waals surface area contributed by atoms with Gasteiger partial charge >= 0.3 is 0 Å². The highest BCUT2D eigenvalue weighted by Crippen LogP contribution is 2.05. The molecule has 9 heavy (non-hydrogen) atoms. The van der Waals surface area contributed by atoms with Crippen LogP contribution >= 0.6 is 0 Å². The predicted molar refractivity (Wildman–Crippen MR) is 36.2 cm³/mol. The van der Waals surface area contributed by atoms with Crippen molar-refractivity contribution in [1.82, 2.24) is 4.98 Å². The van der Waals surface area contributed by atoms with Gasteiger partial charge in [0.05, 0.1) is 5.56 Å². The number of H-pyrrole nitrogens is 1. The lowest BCUT2D eigenvalue weighted by Crippen LogP contribution is -2.11. The first-order valence-electron chi connectivity index (χ1n) is 2.49. The van der Waals surface area contributed by atoms with Crippen LogP contribution in [0.5, 0.6) is 0 Å². The average molecular weight is 124 g/mol. The van der Waals surface area contributed by atoms with Crippen molar-refractivity contribution in [1.29, 1.82) is 5.41 Å². The van der Waals surface area contributed by atoms with Gasteiger partial charge in [0, 0.05) is 6.20 Å². The summed E-state index contributed by atoms with van der Waals surface area (Å²) < 4.78 is 0. The number of nitrogen functional groups attached to an aromatic ring is 2. The normalized spacial score (nSPS) is 9.33. The summed E-state index contributed by atoms with van der Waals surface area (Å²) in [4.78, 5) is 2.71. The summed E-state index contributed by atoms with van der Waals surface area (Å²) in [6, 6.07) is 1.66. The number of nitrogens with one attached hydrogen (secondary N) is 2. The fraction of sp³-hybridized carbons (Fsp3) is 0. The summed E-state index contributed by atoms with van der Waals surface area (Å²) in [6.45, 7) is 0. The zero-order valence-corrected chi connectivity index (χ0v) is 4.81. The molecule has 0 bridgehead atoms. The van der Waals surface area contributed by atoms with Gasteiger partial charge in [-0.25, -0.2) is 0 Å². The monoisotopic (exact) mass is 124 g/mol. The summed E-state index contributed by atoms with van der Waals surface area (Å²) >= 11 is 0. The molecule has 0 aliphatic heterocycles. The number of nitrogens with two attached hydrogens (primary N) is 2. The van der Waals surface area contributed by atoms with Gasteiger partial charge in [0.2, 0.25) is 0 Å². The molecular weight excluding hydrogens is 116 g/mol. The fourth-order valence-corrected chi connectivity index (χ4v) is 0.617. The zero-order valence-electron chi connectivity index (χ0n) is 4.81. The highest BCUT2D eigenvalue weighted by Gasteiger charge is 1.99. The second-order valence-electron chi connectivity index (χ2n) is 1.72. The molecule has 0 aromatic carbocycles. The highest BCUT2D eigenvalue weighted by atomic mass is 14.9. The molecule has 1 aromatic heterocycles. The molecule has 0 fully saturated rings. The van der Waals surface area contributed by atoms with Crippen LogP contribution in [0.3, 0.4) is 0 Å². The van der Waals surface area contributed by atoms with Crippen molar-refractivity contribution in [2.24, 2.45) is 5.73 Å². The van der Waals surface area contributed by atoms with Crippen LogP contribution in [0.15, 0.2) is 12.3 Å². The molecule has 1 aromatic rings. The molecule has 0 atom stereocenters. The molecule has 4 heteroatoms. The zero-order chi connectivity index (χ0) is 6.85. The highest BCUT2D eigenvalue weighted by molar-refractivity contribution is 5.99. The summed E-state index contributed by atoms with van der Waals surface area (Å²) in [5.41, 5.74) is 11.1. The molecule has 0 unspecified atom stereocenters. The van der Waals surface area contributed by atoms with Gasteiger partial charge in [-0.3, -0.25) is 5.41 Å². The lowest BCUT2D eigenvalue weighted by Gasteiger charge is -1.92. The quantitative estimate of drug-likeness (QED) is 0.310. The number of rotatable bonds is 1. The number of hydrogen-bond donors (Lipinski definition) is 4. The van der Waals surface area contributed by atoms with E-state index in [1.165, 1.54) is 0 Å². The lowest BCUT2D eigenvalue weighted by molar-refractivity contribution is 1.39. The first-order chi connectivity index (χ1) is 4.22. The Morgan fingerprint density at radius 2 is 2.33 bits per heavy atom. The Bertz CT molecular complexity index is 225. The average Bonchev–Trinajstić information content (AvgIpc) is 2.13. The van der Waals surface area contributed by atoms with Gasteiger partial charge in [0.15, 0.2) is 0 Å². The van der Waals surface area contributed by atoms with Gasteiger partial charge in [0.25, 0.3) is 0 Å². The minimum atomic E-state index is -0.00579. The fourth-order valence-electron chi connectivity index (χ4n) is 0.617. The van der Waals surface area contributed by atoms with E-state index in [1.807, 2.05) is 0 Å². The van der Waals surface area contributed by atoms with Gasteiger partial charge < -0.3 is 16.5 Å². The molecule has 1 rings (SSSR count). The van der Waals surface area contributed by atoms with E-state index in [-0.39, 0.29) is 5.84 Å². The Balaban J connectivity index is 3.08. The van der Waals surface area contributed by atoms with Gasteiger partial charge in [-0.05, 0) is 6.07 Å². The van der Waals surface area contributed by atoms with Crippen molar-refractivity contribution in [3.63, 3.8) is 0 Å². The van der Waals surface area contributed by atoms with Crippen LogP contribution in [0.25, 0.3) is 0 Å². The molecule has 48 valence electrons. The molecule has 4 nitrogen and oxygen atoms in total. The van der Waals surface area contributed by atoms with Crippen molar-refractivity contribution in [2.75, 3.05) is 5.73 Å². The molecule has 0 saturated carbocycles. The summed E-state index contributed by atoms with van der Waals surface area (Å²) in [5.74, 6) is 0.441. The summed E-state index contributed by atoms with van der Waals surface area (Å²) in [5, 5.41) is 6.97. The molecule has 6 N–H and O–H groups in total.